The lowest BCUT2D eigenvalue weighted by Gasteiger charge is -2.16. The van der Waals surface area contributed by atoms with Gasteiger partial charge in [-0.15, -0.1) is 11.3 Å². The van der Waals surface area contributed by atoms with Crippen LogP contribution in [0.1, 0.15) is 33.1 Å². The van der Waals surface area contributed by atoms with E-state index in [2.05, 4.69) is 10.3 Å². The number of amides is 1. The number of hydrogen-bond donors (Lipinski definition) is 1. The molecule has 9 heteroatoms. The normalized spacial score (nSPS) is 17.2. The third-order valence-corrected chi connectivity index (χ3v) is 6.19. The van der Waals surface area contributed by atoms with Crippen molar-refractivity contribution in [3.63, 3.8) is 0 Å². The van der Waals surface area contributed by atoms with E-state index in [0.717, 1.165) is 10.6 Å². The van der Waals surface area contributed by atoms with Gasteiger partial charge in [0.25, 0.3) is 12.3 Å². The highest BCUT2D eigenvalue weighted by Crippen LogP contribution is 2.30. The molecule has 4 rings (SSSR count). The number of alkyl halides is 2. The predicted octanol–water partition coefficient (Wildman–Crippen LogP) is 4.15. The highest BCUT2D eigenvalue weighted by atomic mass is 32.1. The van der Waals surface area contributed by atoms with Crippen molar-refractivity contribution in [3.8, 4) is 5.75 Å². The van der Waals surface area contributed by atoms with Gasteiger partial charge in [0.05, 0.1) is 28.2 Å². The molecule has 0 radical (unpaired) electrons. The van der Waals surface area contributed by atoms with Crippen molar-refractivity contribution in [3.05, 3.63) is 45.6 Å². The molecule has 0 spiro atoms. The SMILES string of the molecule is Cc1ncsc1COc1ccc2oc(C)c(C(=O)NC3CCN(CC(F)F)C3)c2c1. The molecule has 160 valence electrons. The molecule has 1 amide bonds. The molecule has 1 fully saturated rings. The molecule has 1 unspecified atom stereocenters. The Morgan fingerprint density at radius 3 is 3.00 bits per heavy atom. The zero-order valence-electron chi connectivity index (χ0n) is 16.8. The van der Waals surface area contributed by atoms with Crippen molar-refractivity contribution in [2.24, 2.45) is 0 Å². The smallest absolute Gasteiger partial charge is 0.255 e. The molecule has 30 heavy (non-hydrogen) atoms. The average molecular weight is 435 g/mol. The molecule has 6 nitrogen and oxygen atoms in total. The van der Waals surface area contributed by atoms with Crippen molar-refractivity contribution in [2.75, 3.05) is 19.6 Å². The number of fused-ring (bicyclic) bond motifs is 1. The van der Waals surface area contributed by atoms with Gasteiger partial charge in [0.2, 0.25) is 0 Å². The fraction of sp³-hybridized carbons (Fsp3) is 0.429. The largest absolute Gasteiger partial charge is 0.488 e. The summed E-state index contributed by atoms with van der Waals surface area (Å²) in [5.74, 6) is 0.889. The summed E-state index contributed by atoms with van der Waals surface area (Å²) in [6.07, 6.45) is -1.72. The van der Waals surface area contributed by atoms with E-state index < -0.39 is 6.43 Å². The van der Waals surface area contributed by atoms with Crippen LogP contribution in [-0.4, -0.2) is 47.9 Å². The van der Waals surface area contributed by atoms with Crippen LogP contribution in [-0.2, 0) is 6.61 Å². The van der Waals surface area contributed by atoms with Crippen LogP contribution in [0, 0.1) is 13.8 Å². The lowest BCUT2D eigenvalue weighted by molar-refractivity contribution is 0.0918. The molecule has 0 saturated carbocycles. The van der Waals surface area contributed by atoms with Crippen LogP contribution in [0.4, 0.5) is 8.78 Å². The first-order valence-electron chi connectivity index (χ1n) is 9.77. The fourth-order valence-electron chi connectivity index (χ4n) is 3.75. The average Bonchev–Trinajstić information content (AvgIpc) is 3.37. The summed E-state index contributed by atoms with van der Waals surface area (Å²) in [6, 6.07) is 5.24. The van der Waals surface area contributed by atoms with E-state index in [1.165, 1.54) is 11.3 Å². The minimum Gasteiger partial charge on any atom is -0.488 e. The molecule has 2 aromatic heterocycles. The number of nitrogens with zero attached hydrogens (tertiary/aromatic N) is 2. The molecule has 1 aromatic carbocycles. The number of rotatable bonds is 7. The molecule has 1 saturated heterocycles. The third-order valence-electron chi connectivity index (χ3n) is 5.28. The Kier molecular flexibility index (Phi) is 6.01. The van der Waals surface area contributed by atoms with Crippen LogP contribution in [0.15, 0.2) is 28.1 Å². The number of hydrogen-bond acceptors (Lipinski definition) is 6. The summed E-state index contributed by atoms with van der Waals surface area (Å²) in [4.78, 5) is 19.9. The van der Waals surface area contributed by atoms with E-state index >= 15 is 0 Å². The number of aryl methyl sites for hydroxylation is 2. The van der Waals surface area contributed by atoms with Crippen LogP contribution in [0.3, 0.4) is 0 Å². The lowest BCUT2D eigenvalue weighted by atomic mass is 10.1. The van der Waals surface area contributed by atoms with Gasteiger partial charge in [-0.1, -0.05) is 0 Å². The molecule has 3 aromatic rings. The Morgan fingerprint density at radius 1 is 1.43 bits per heavy atom. The summed E-state index contributed by atoms with van der Waals surface area (Å²) in [5.41, 5.74) is 3.78. The third kappa shape index (κ3) is 4.46. The molecule has 1 atom stereocenters. The fourth-order valence-corrected chi connectivity index (χ4v) is 4.44. The number of nitrogens with one attached hydrogen (secondary N) is 1. The maximum Gasteiger partial charge on any atom is 0.255 e. The number of carbonyl (C=O) groups excluding carboxylic acids is 1. The maximum absolute atomic E-state index is 12.9. The van der Waals surface area contributed by atoms with Crippen molar-refractivity contribution < 1.29 is 22.7 Å². The summed E-state index contributed by atoms with van der Waals surface area (Å²) in [5, 5.41) is 3.64. The van der Waals surface area contributed by atoms with Gasteiger partial charge in [-0.05, 0) is 38.5 Å². The first-order chi connectivity index (χ1) is 14.4. The number of ether oxygens (including phenoxy) is 1. The Hall–Kier alpha value is -2.52. The van der Waals surface area contributed by atoms with Gasteiger partial charge in [0.15, 0.2) is 0 Å². The van der Waals surface area contributed by atoms with Crippen molar-refractivity contribution in [1.82, 2.24) is 15.2 Å². The number of thiazole rings is 1. The number of furan rings is 1. The van der Waals surface area contributed by atoms with Crippen LogP contribution >= 0.6 is 11.3 Å². The Bertz CT molecular complexity index is 1050. The van der Waals surface area contributed by atoms with E-state index in [1.54, 1.807) is 29.5 Å². The molecular formula is C21H23F2N3O3S. The van der Waals surface area contributed by atoms with Gasteiger partial charge in [-0.25, -0.2) is 13.8 Å². The first kappa shape index (κ1) is 20.7. The summed E-state index contributed by atoms with van der Waals surface area (Å²) in [7, 11) is 0. The maximum atomic E-state index is 12.9. The Morgan fingerprint density at radius 2 is 2.27 bits per heavy atom. The molecule has 1 aliphatic heterocycles. The number of aromatic nitrogens is 1. The van der Waals surface area contributed by atoms with Crippen molar-refractivity contribution >= 4 is 28.2 Å². The lowest BCUT2D eigenvalue weighted by Crippen LogP contribution is -2.38. The van der Waals surface area contributed by atoms with E-state index in [1.807, 2.05) is 13.0 Å². The topological polar surface area (TPSA) is 67.6 Å². The summed E-state index contributed by atoms with van der Waals surface area (Å²) in [6.45, 7) is 4.80. The zero-order valence-corrected chi connectivity index (χ0v) is 17.6. The summed E-state index contributed by atoms with van der Waals surface area (Å²) >= 11 is 1.54. The predicted molar refractivity (Wildman–Crippen MR) is 110 cm³/mol. The highest BCUT2D eigenvalue weighted by molar-refractivity contribution is 7.09. The number of carbonyl (C=O) groups is 1. The van der Waals surface area contributed by atoms with Gasteiger partial charge in [0, 0.05) is 24.5 Å². The van der Waals surface area contributed by atoms with Crippen LogP contribution in [0.2, 0.25) is 0 Å². The minimum atomic E-state index is -2.37. The zero-order chi connectivity index (χ0) is 21.3. The van der Waals surface area contributed by atoms with Crippen LogP contribution in [0.25, 0.3) is 11.0 Å². The molecule has 0 aliphatic carbocycles. The summed E-state index contributed by atoms with van der Waals surface area (Å²) < 4.78 is 36.8. The van der Waals surface area contributed by atoms with E-state index in [4.69, 9.17) is 9.15 Å². The number of likely N-dealkylation sites (tertiary alicyclic amines) is 1. The number of halogens is 2. The first-order valence-corrected chi connectivity index (χ1v) is 10.6. The van der Waals surface area contributed by atoms with Crippen LogP contribution < -0.4 is 10.1 Å². The van der Waals surface area contributed by atoms with Crippen molar-refractivity contribution in [1.29, 1.82) is 0 Å². The van der Waals surface area contributed by atoms with Crippen molar-refractivity contribution in [2.45, 2.75) is 39.3 Å². The van der Waals surface area contributed by atoms with Gasteiger partial charge < -0.3 is 14.5 Å². The standard InChI is InChI=1S/C21H23F2N3O3S/c1-12-18(30-11-24-12)10-28-15-3-4-17-16(7-15)20(13(2)29-17)21(27)25-14-5-6-26(8-14)9-19(22)23/h3-4,7,11,14,19H,5-6,8-10H2,1-2H3,(H,25,27). The van der Waals surface area contributed by atoms with Gasteiger partial charge in [0.1, 0.15) is 23.7 Å². The highest BCUT2D eigenvalue weighted by Gasteiger charge is 2.28. The van der Waals surface area contributed by atoms with Gasteiger partial charge >= 0.3 is 0 Å². The van der Waals surface area contributed by atoms with E-state index in [0.29, 0.717) is 54.2 Å². The Labute approximate surface area is 176 Å². The monoisotopic (exact) mass is 435 g/mol. The van der Waals surface area contributed by atoms with Crippen LogP contribution in [0.5, 0.6) is 5.75 Å². The van der Waals surface area contributed by atoms with Gasteiger partial charge in [-0.2, -0.15) is 0 Å². The second-order valence-corrected chi connectivity index (χ2v) is 8.39. The Balaban J connectivity index is 1.48. The number of benzene rings is 1. The molecular weight excluding hydrogens is 412 g/mol. The second-order valence-electron chi connectivity index (χ2n) is 7.45. The quantitative estimate of drug-likeness (QED) is 0.604. The minimum absolute atomic E-state index is 0.158. The van der Waals surface area contributed by atoms with Gasteiger partial charge in [-0.3, -0.25) is 9.69 Å². The molecule has 3 heterocycles. The molecule has 1 N–H and O–H groups in total. The van der Waals surface area contributed by atoms with E-state index in [9.17, 15) is 13.6 Å². The molecule has 0 bridgehead atoms. The van der Waals surface area contributed by atoms with E-state index in [-0.39, 0.29) is 18.5 Å². The second kappa shape index (κ2) is 8.69. The molecule has 1 aliphatic rings.